The van der Waals surface area contributed by atoms with Gasteiger partial charge in [-0.25, -0.2) is 0 Å². The van der Waals surface area contributed by atoms with Crippen molar-refractivity contribution in [2.24, 2.45) is 0 Å². The van der Waals surface area contributed by atoms with Crippen molar-refractivity contribution in [2.45, 2.75) is 115 Å². The molecule has 1 atom stereocenters. The molecule has 0 aliphatic heterocycles. The number of allylic oxidation sites excluding steroid dienone is 2. The van der Waals surface area contributed by atoms with Crippen molar-refractivity contribution in [3.63, 3.8) is 0 Å². The van der Waals surface area contributed by atoms with E-state index in [1.807, 2.05) is 0 Å². The van der Waals surface area contributed by atoms with Crippen molar-refractivity contribution in [1.29, 1.82) is 0 Å². The van der Waals surface area contributed by atoms with E-state index in [4.69, 9.17) is 4.43 Å². The first-order valence-corrected chi connectivity index (χ1v) is 21.9. The molecule has 0 bridgehead atoms. The zero-order valence-corrected chi connectivity index (χ0v) is 21.4. The summed E-state index contributed by atoms with van der Waals surface area (Å²) in [5.74, 6) is 1.39. The van der Waals surface area contributed by atoms with Crippen molar-refractivity contribution in [2.75, 3.05) is 0 Å². The molecule has 0 aromatic rings. The van der Waals surface area contributed by atoms with E-state index < -0.39 is 26.7 Å². The van der Waals surface area contributed by atoms with Crippen molar-refractivity contribution in [1.82, 2.24) is 0 Å². The van der Waals surface area contributed by atoms with Crippen molar-refractivity contribution >= 4 is 26.7 Å². The molecule has 1 aliphatic rings. The molecule has 0 aromatic carbocycles. The number of hydrogen-bond donors (Lipinski definition) is 0. The first kappa shape index (κ1) is 22.6. The van der Waals surface area contributed by atoms with Gasteiger partial charge in [0.2, 0.25) is 0 Å². The Hall–Kier alpha value is 0.556. The van der Waals surface area contributed by atoms with Crippen LogP contribution in [0.15, 0.2) is 11.8 Å². The summed E-state index contributed by atoms with van der Waals surface area (Å²) in [6, 6.07) is 0. The standard InChI is InChI=1S/C9H17OSi.3C4H9.Sn/c1-11(2,3)10-9-7-5-4-6-8-9;3*1-3-4-2;/h5,7H,4,6,8H2,1-3H3;3*1,3-4H2,2H3;. The van der Waals surface area contributed by atoms with Gasteiger partial charge in [-0.05, 0) is 0 Å². The molecule has 0 heterocycles. The fourth-order valence-electron chi connectivity index (χ4n) is 4.37. The molecule has 3 heteroatoms. The van der Waals surface area contributed by atoms with E-state index in [1.54, 1.807) is 13.3 Å². The summed E-state index contributed by atoms with van der Waals surface area (Å²) in [5, 5.41) is 0. The molecule has 1 rings (SSSR count). The van der Waals surface area contributed by atoms with Gasteiger partial charge >= 0.3 is 158 Å². The second-order valence-electron chi connectivity index (χ2n) is 9.02. The Morgan fingerprint density at radius 3 is 1.88 bits per heavy atom. The second-order valence-corrected chi connectivity index (χ2v) is 27.6. The summed E-state index contributed by atoms with van der Waals surface area (Å²) < 4.78 is 12.3. The average molecular weight is 459 g/mol. The van der Waals surface area contributed by atoms with Gasteiger partial charge in [-0.1, -0.05) is 0 Å². The predicted octanol–water partition coefficient (Wildman–Crippen LogP) is 8.13. The number of unbranched alkanes of at least 4 members (excludes halogenated alkanes) is 3. The molecule has 142 valence electrons. The van der Waals surface area contributed by atoms with Gasteiger partial charge in [-0.3, -0.25) is 0 Å². The van der Waals surface area contributed by atoms with E-state index in [9.17, 15) is 0 Å². The third-order valence-electron chi connectivity index (χ3n) is 5.63. The van der Waals surface area contributed by atoms with E-state index in [-0.39, 0.29) is 0 Å². The Balaban J connectivity index is 3.01. The number of hydrogen-bond acceptors (Lipinski definition) is 1. The van der Waals surface area contributed by atoms with Gasteiger partial charge in [-0.2, -0.15) is 0 Å². The molecule has 1 nitrogen and oxygen atoms in total. The first-order chi connectivity index (χ1) is 11.4. The molecule has 0 radical (unpaired) electrons. The predicted molar refractivity (Wildman–Crippen MR) is 115 cm³/mol. The molecular formula is C21H44OSiSn. The van der Waals surface area contributed by atoms with Gasteiger partial charge < -0.3 is 0 Å². The maximum atomic E-state index is 6.45. The van der Waals surface area contributed by atoms with Crippen LogP contribution in [0, 0.1) is 0 Å². The van der Waals surface area contributed by atoms with Crippen LogP contribution in [-0.2, 0) is 4.43 Å². The van der Waals surface area contributed by atoms with Gasteiger partial charge in [-0.15, -0.1) is 0 Å². The van der Waals surface area contributed by atoms with E-state index in [0.29, 0.717) is 0 Å². The quantitative estimate of drug-likeness (QED) is 0.268. The maximum absolute atomic E-state index is 6.45. The van der Waals surface area contributed by atoms with Crippen LogP contribution in [0.25, 0.3) is 0 Å². The molecule has 0 saturated carbocycles. The van der Waals surface area contributed by atoms with Crippen LogP contribution in [0.5, 0.6) is 0 Å². The first-order valence-electron chi connectivity index (χ1n) is 10.8. The monoisotopic (exact) mass is 460 g/mol. The fraction of sp³-hybridized carbons (Fsp3) is 0.905. The molecule has 0 fully saturated rings. The molecule has 0 aromatic heterocycles. The average Bonchev–Trinajstić information content (AvgIpc) is 2.53. The van der Waals surface area contributed by atoms with Crippen LogP contribution in [0.4, 0.5) is 0 Å². The van der Waals surface area contributed by atoms with Gasteiger partial charge in [0.15, 0.2) is 0 Å². The van der Waals surface area contributed by atoms with Crippen molar-refractivity contribution in [3.8, 4) is 0 Å². The molecule has 1 aliphatic carbocycles. The SMILES string of the molecule is CCC[CH2][Sn]([CH2]CCC)([CH2]CCC)[CH]1C=C(O[Si](C)(C)C)CCC1. The fourth-order valence-corrected chi connectivity index (χ4v) is 23.6. The van der Waals surface area contributed by atoms with Crippen molar-refractivity contribution < 1.29 is 4.43 Å². The summed E-state index contributed by atoms with van der Waals surface area (Å²) in [5.41, 5.74) is 0. The Labute approximate surface area is 158 Å². The summed E-state index contributed by atoms with van der Waals surface area (Å²) in [6.45, 7) is 14.1. The van der Waals surface area contributed by atoms with Gasteiger partial charge in [0.1, 0.15) is 0 Å². The van der Waals surface area contributed by atoms with Crippen LogP contribution in [-0.4, -0.2) is 26.7 Å². The van der Waals surface area contributed by atoms with E-state index in [2.05, 4.69) is 46.5 Å². The molecule has 24 heavy (non-hydrogen) atoms. The third kappa shape index (κ3) is 7.84. The summed E-state index contributed by atoms with van der Waals surface area (Å²) in [6.07, 6.45) is 15.3. The topological polar surface area (TPSA) is 9.23 Å². The molecular weight excluding hydrogens is 415 g/mol. The summed E-state index contributed by atoms with van der Waals surface area (Å²) >= 11 is -2.11. The molecule has 1 unspecified atom stereocenters. The molecule has 0 spiro atoms. The summed E-state index contributed by atoms with van der Waals surface area (Å²) in [7, 11) is -1.45. The van der Waals surface area contributed by atoms with E-state index in [0.717, 1.165) is 3.93 Å². The Kier molecular flexibility index (Phi) is 10.6. The normalized spacial score (nSPS) is 19.2. The van der Waals surface area contributed by atoms with Gasteiger partial charge in [0.05, 0.1) is 0 Å². The van der Waals surface area contributed by atoms with Gasteiger partial charge in [0.25, 0.3) is 0 Å². The van der Waals surface area contributed by atoms with E-state index in [1.165, 1.54) is 63.5 Å². The van der Waals surface area contributed by atoms with Crippen LogP contribution < -0.4 is 0 Å². The van der Waals surface area contributed by atoms with Crippen molar-refractivity contribution in [3.05, 3.63) is 11.8 Å². The molecule has 0 amide bonds. The number of rotatable bonds is 12. The zero-order chi connectivity index (χ0) is 18.1. The Morgan fingerprint density at radius 1 is 0.958 bits per heavy atom. The van der Waals surface area contributed by atoms with Gasteiger partial charge in [0, 0.05) is 0 Å². The van der Waals surface area contributed by atoms with Crippen LogP contribution in [0.3, 0.4) is 0 Å². The zero-order valence-electron chi connectivity index (χ0n) is 17.5. The third-order valence-corrected chi connectivity index (χ3v) is 23.9. The minimum absolute atomic E-state index is 0.962. The summed E-state index contributed by atoms with van der Waals surface area (Å²) in [4.78, 5) is 0. The van der Waals surface area contributed by atoms with E-state index >= 15 is 0 Å². The Morgan fingerprint density at radius 2 is 1.46 bits per heavy atom. The molecule has 0 saturated heterocycles. The second kappa shape index (κ2) is 11.3. The minimum atomic E-state index is -2.11. The molecule has 0 N–H and O–H groups in total. The Bertz CT molecular complexity index is 351. The van der Waals surface area contributed by atoms with Crippen LogP contribution in [0.2, 0.25) is 36.9 Å². The van der Waals surface area contributed by atoms with Crippen LogP contribution in [0.1, 0.15) is 78.6 Å². The van der Waals surface area contributed by atoms with Crippen LogP contribution >= 0.6 is 0 Å².